The third-order valence-electron chi connectivity index (χ3n) is 2.00. The molecule has 1 aromatic rings. The number of aliphatic hydroxyl groups is 1. The molecule has 0 aromatic heterocycles. The lowest BCUT2D eigenvalue weighted by Crippen LogP contribution is -1.95. The summed E-state index contributed by atoms with van der Waals surface area (Å²) in [6.45, 7) is 3.05. The van der Waals surface area contributed by atoms with Crippen LogP contribution in [-0.4, -0.2) is 15.1 Å². The highest BCUT2D eigenvalue weighted by Crippen LogP contribution is 2.28. The van der Waals surface area contributed by atoms with E-state index in [2.05, 4.69) is 6.58 Å². The summed E-state index contributed by atoms with van der Waals surface area (Å²) in [6.07, 6.45) is 1.85. The molecule has 0 heterocycles. The van der Waals surface area contributed by atoms with Gasteiger partial charge in [0, 0.05) is 23.3 Å². The minimum atomic E-state index is -0.564. The van der Waals surface area contributed by atoms with Crippen LogP contribution in [0.3, 0.4) is 0 Å². The Kier molecular flexibility index (Phi) is 3.41. The quantitative estimate of drug-likeness (QED) is 0.447. The third kappa shape index (κ3) is 2.32. The summed E-state index contributed by atoms with van der Waals surface area (Å²) < 4.78 is 0. The second kappa shape index (κ2) is 4.56. The van der Waals surface area contributed by atoms with Gasteiger partial charge in [0.25, 0.3) is 5.69 Å². The summed E-state index contributed by atoms with van der Waals surface area (Å²) in [5.74, 6) is -0.108. The van der Waals surface area contributed by atoms with E-state index in [9.17, 15) is 15.2 Å². The molecule has 80 valence electrons. The molecule has 0 radical (unpaired) electrons. The smallest absolute Gasteiger partial charge is 0.270 e. The van der Waals surface area contributed by atoms with E-state index in [1.165, 1.54) is 12.1 Å². The van der Waals surface area contributed by atoms with Gasteiger partial charge in [-0.2, -0.15) is 0 Å². The van der Waals surface area contributed by atoms with Gasteiger partial charge in [0.05, 0.1) is 11.5 Å². The number of non-ortho nitro benzene ring substituents is 1. The van der Waals surface area contributed by atoms with Crippen LogP contribution in [0.15, 0.2) is 24.8 Å². The fraction of sp³-hybridized carbons (Fsp3) is 0.200. The maximum atomic E-state index is 10.6. The molecule has 0 spiro atoms. The molecular weight excluding hydrogens is 198 g/mol. The van der Waals surface area contributed by atoms with Crippen molar-refractivity contribution >= 4 is 5.69 Å². The van der Waals surface area contributed by atoms with E-state index in [4.69, 9.17) is 5.11 Å². The van der Waals surface area contributed by atoms with Crippen molar-refractivity contribution in [1.29, 1.82) is 0 Å². The molecule has 0 saturated carbocycles. The minimum absolute atomic E-state index is 0.108. The lowest BCUT2D eigenvalue weighted by atomic mass is 10.1. The summed E-state index contributed by atoms with van der Waals surface area (Å²) in [6, 6.07) is 2.43. The monoisotopic (exact) mass is 209 g/mol. The van der Waals surface area contributed by atoms with Crippen LogP contribution < -0.4 is 0 Å². The molecule has 1 aromatic carbocycles. The van der Waals surface area contributed by atoms with Crippen LogP contribution in [0, 0.1) is 10.1 Å². The van der Waals surface area contributed by atoms with Gasteiger partial charge in [-0.25, -0.2) is 0 Å². The summed E-state index contributed by atoms with van der Waals surface area (Å²) in [7, 11) is 0. The Balaban J connectivity index is 3.30. The Labute approximate surface area is 86.4 Å². The second-order valence-electron chi connectivity index (χ2n) is 3.02. The van der Waals surface area contributed by atoms with E-state index in [1.54, 1.807) is 0 Å². The molecular formula is C10H11NO4. The normalized spacial score (nSPS) is 9.93. The minimum Gasteiger partial charge on any atom is -0.507 e. The van der Waals surface area contributed by atoms with Gasteiger partial charge in [-0.05, 0) is 6.42 Å². The molecule has 15 heavy (non-hydrogen) atoms. The van der Waals surface area contributed by atoms with E-state index in [0.717, 1.165) is 6.07 Å². The van der Waals surface area contributed by atoms with E-state index < -0.39 is 11.5 Å². The molecule has 5 nitrogen and oxygen atoms in total. The van der Waals surface area contributed by atoms with Crippen LogP contribution in [0.1, 0.15) is 11.1 Å². The first kappa shape index (κ1) is 11.2. The second-order valence-corrected chi connectivity index (χ2v) is 3.02. The maximum absolute atomic E-state index is 10.6. The molecule has 2 N–H and O–H groups in total. The Morgan fingerprint density at radius 2 is 2.07 bits per heavy atom. The van der Waals surface area contributed by atoms with Crippen LogP contribution in [0.25, 0.3) is 0 Å². The Morgan fingerprint density at radius 3 is 2.53 bits per heavy atom. The van der Waals surface area contributed by atoms with Gasteiger partial charge in [-0.3, -0.25) is 10.1 Å². The largest absolute Gasteiger partial charge is 0.507 e. The summed E-state index contributed by atoms with van der Waals surface area (Å²) in [4.78, 5) is 9.99. The van der Waals surface area contributed by atoms with Gasteiger partial charge in [0.15, 0.2) is 0 Å². The molecule has 0 amide bonds. The molecule has 0 aliphatic carbocycles. The maximum Gasteiger partial charge on any atom is 0.270 e. The first-order chi connectivity index (χ1) is 7.10. The van der Waals surface area contributed by atoms with E-state index in [-0.39, 0.29) is 17.0 Å². The molecule has 1 rings (SSSR count). The number of hydrogen-bond acceptors (Lipinski definition) is 4. The molecule has 0 aliphatic heterocycles. The molecule has 0 atom stereocenters. The molecule has 5 heteroatoms. The van der Waals surface area contributed by atoms with Gasteiger partial charge in [-0.1, -0.05) is 6.08 Å². The Hall–Kier alpha value is -1.88. The van der Waals surface area contributed by atoms with Crippen LogP contribution in [-0.2, 0) is 13.0 Å². The van der Waals surface area contributed by atoms with Crippen molar-refractivity contribution in [2.45, 2.75) is 13.0 Å². The average molecular weight is 209 g/mol. The fourth-order valence-electron chi connectivity index (χ4n) is 1.28. The number of allylic oxidation sites excluding steroid dienone is 1. The number of phenols is 1. The number of hydrogen-bond donors (Lipinski definition) is 2. The number of nitro benzene ring substituents is 1. The molecule has 0 aliphatic rings. The Bertz CT molecular complexity index is 401. The third-order valence-corrected chi connectivity index (χ3v) is 2.00. The van der Waals surface area contributed by atoms with E-state index >= 15 is 0 Å². The van der Waals surface area contributed by atoms with Gasteiger partial charge >= 0.3 is 0 Å². The van der Waals surface area contributed by atoms with Crippen LogP contribution in [0.2, 0.25) is 0 Å². The summed E-state index contributed by atoms with van der Waals surface area (Å²) in [5.41, 5.74) is 0.401. The topological polar surface area (TPSA) is 83.6 Å². The van der Waals surface area contributed by atoms with Crippen LogP contribution in [0.4, 0.5) is 5.69 Å². The zero-order valence-corrected chi connectivity index (χ0v) is 8.01. The summed E-state index contributed by atoms with van der Waals surface area (Å²) >= 11 is 0. The van der Waals surface area contributed by atoms with Gasteiger partial charge < -0.3 is 10.2 Å². The van der Waals surface area contributed by atoms with Crippen LogP contribution in [0.5, 0.6) is 5.75 Å². The van der Waals surface area contributed by atoms with Crippen LogP contribution >= 0.6 is 0 Å². The first-order valence-corrected chi connectivity index (χ1v) is 4.31. The zero-order chi connectivity index (χ0) is 11.4. The highest BCUT2D eigenvalue weighted by molar-refractivity contribution is 5.49. The SMILES string of the molecule is C=CCc1cc([N+](=O)[O-])cc(CO)c1O. The van der Waals surface area contributed by atoms with Crippen molar-refractivity contribution in [3.05, 3.63) is 46.0 Å². The predicted octanol–water partition coefficient (Wildman–Crippen LogP) is 1.52. The number of benzene rings is 1. The number of rotatable bonds is 4. The lowest BCUT2D eigenvalue weighted by molar-refractivity contribution is -0.385. The van der Waals surface area contributed by atoms with Crippen molar-refractivity contribution in [3.8, 4) is 5.75 Å². The van der Waals surface area contributed by atoms with Crippen molar-refractivity contribution in [1.82, 2.24) is 0 Å². The number of nitro groups is 1. The van der Waals surface area contributed by atoms with Gasteiger partial charge in [0.2, 0.25) is 0 Å². The number of aliphatic hydroxyl groups excluding tert-OH is 1. The lowest BCUT2D eigenvalue weighted by Gasteiger charge is -2.06. The van der Waals surface area contributed by atoms with Crippen molar-refractivity contribution in [2.75, 3.05) is 0 Å². The average Bonchev–Trinajstić information content (AvgIpc) is 2.21. The Morgan fingerprint density at radius 1 is 1.47 bits per heavy atom. The van der Waals surface area contributed by atoms with Gasteiger partial charge in [0.1, 0.15) is 5.75 Å². The van der Waals surface area contributed by atoms with Gasteiger partial charge in [-0.15, -0.1) is 6.58 Å². The highest BCUT2D eigenvalue weighted by atomic mass is 16.6. The first-order valence-electron chi connectivity index (χ1n) is 4.31. The highest BCUT2D eigenvalue weighted by Gasteiger charge is 2.14. The standard InChI is InChI=1S/C10H11NO4/c1-2-3-7-4-9(11(14)15)5-8(6-12)10(7)13/h2,4-5,12-13H,1,3,6H2. The molecule has 0 bridgehead atoms. The molecule has 0 unspecified atom stereocenters. The van der Waals surface area contributed by atoms with Crippen molar-refractivity contribution in [2.24, 2.45) is 0 Å². The van der Waals surface area contributed by atoms with Crippen molar-refractivity contribution < 1.29 is 15.1 Å². The summed E-state index contributed by atoms with van der Waals surface area (Å²) in [5, 5.41) is 29.1. The number of aromatic hydroxyl groups is 1. The molecule has 0 fully saturated rings. The zero-order valence-electron chi connectivity index (χ0n) is 8.01. The van der Waals surface area contributed by atoms with E-state index in [0.29, 0.717) is 12.0 Å². The number of nitrogens with zero attached hydrogens (tertiary/aromatic N) is 1. The van der Waals surface area contributed by atoms with Crippen molar-refractivity contribution in [3.63, 3.8) is 0 Å². The van der Waals surface area contributed by atoms with E-state index in [1.807, 2.05) is 0 Å². The predicted molar refractivity (Wildman–Crippen MR) is 54.6 cm³/mol. The molecule has 0 saturated heterocycles. The fourth-order valence-corrected chi connectivity index (χ4v) is 1.28.